The van der Waals surface area contributed by atoms with Gasteiger partial charge in [0.1, 0.15) is 0 Å². The van der Waals surface area contributed by atoms with Crippen molar-refractivity contribution in [2.24, 2.45) is 5.92 Å². The van der Waals surface area contributed by atoms with Gasteiger partial charge in [0.25, 0.3) is 0 Å². The maximum absolute atomic E-state index is 11.9. The Morgan fingerprint density at radius 3 is 2.47 bits per heavy atom. The molecule has 4 heteroatoms. The molecular weight excluding hydrogens is 240 g/mol. The average molecular weight is 260 g/mol. The number of hydrogen-bond acceptors (Lipinski definition) is 2. The first kappa shape index (κ1) is 13.6. The monoisotopic (exact) mass is 260 g/mol. The SMILES string of the molecule is CC1CCN(C(=O)C(=O)NCc2ccccc2)CC1. The molecule has 1 aromatic carbocycles. The summed E-state index contributed by atoms with van der Waals surface area (Å²) in [4.78, 5) is 25.4. The van der Waals surface area contributed by atoms with Gasteiger partial charge in [-0.3, -0.25) is 9.59 Å². The normalized spacial score (nSPS) is 16.2. The molecule has 0 aromatic heterocycles. The molecule has 0 spiro atoms. The van der Waals surface area contributed by atoms with Crippen LogP contribution in [0.4, 0.5) is 0 Å². The summed E-state index contributed by atoms with van der Waals surface area (Å²) in [5.74, 6) is -0.252. The van der Waals surface area contributed by atoms with Crippen molar-refractivity contribution in [3.8, 4) is 0 Å². The summed E-state index contributed by atoms with van der Waals surface area (Å²) in [6.45, 7) is 3.96. The molecule has 1 fully saturated rings. The van der Waals surface area contributed by atoms with Crippen molar-refractivity contribution in [2.75, 3.05) is 13.1 Å². The highest BCUT2D eigenvalue weighted by molar-refractivity contribution is 6.34. The van der Waals surface area contributed by atoms with Crippen molar-refractivity contribution < 1.29 is 9.59 Å². The van der Waals surface area contributed by atoms with Gasteiger partial charge in [0.15, 0.2) is 0 Å². The molecule has 1 saturated heterocycles. The van der Waals surface area contributed by atoms with Gasteiger partial charge in [0.2, 0.25) is 0 Å². The molecule has 102 valence electrons. The van der Waals surface area contributed by atoms with Gasteiger partial charge in [-0.05, 0) is 24.3 Å². The summed E-state index contributed by atoms with van der Waals surface area (Å²) in [5, 5.41) is 2.68. The Morgan fingerprint density at radius 1 is 1.21 bits per heavy atom. The second-order valence-corrected chi connectivity index (χ2v) is 5.14. The van der Waals surface area contributed by atoms with Crippen molar-refractivity contribution in [3.63, 3.8) is 0 Å². The highest BCUT2D eigenvalue weighted by Gasteiger charge is 2.25. The predicted octanol–water partition coefficient (Wildman–Crippen LogP) is 1.56. The van der Waals surface area contributed by atoms with E-state index in [9.17, 15) is 9.59 Å². The highest BCUT2D eigenvalue weighted by atomic mass is 16.2. The third kappa shape index (κ3) is 3.81. The van der Waals surface area contributed by atoms with Crippen LogP contribution in [-0.4, -0.2) is 29.8 Å². The standard InChI is InChI=1S/C15H20N2O2/c1-12-7-9-17(10-8-12)15(19)14(18)16-11-13-5-3-2-4-6-13/h2-6,12H,7-11H2,1H3,(H,16,18). The Morgan fingerprint density at radius 2 is 1.84 bits per heavy atom. The van der Waals surface area contributed by atoms with Crippen LogP contribution in [-0.2, 0) is 16.1 Å². The van der Waals surface area contributed by atoms with Gasteiger partial charge < -0.3 is 10.2 Å². The van der Waals surface area contributed by atoms with Gasteiger partial charge in [0.05, 0.1) is 0 Å². The third-order valence-corrected chi connectivity index (χ3v) is 3.56. The number of piperidine rings is 1. The molecule has 2 amide bonds. The van der Waals surface area contributed by atoms with E-state index in [1.807, 2.05) is 30.3 Å². The van der Waals surface area contributed by atoms with Crippen LogP contribution in [0.25, 0.3) is 0 Å². The maximum atomic E-state index is 11.9. The average Bonchev–Trinajstić information content (AvgIpc) is 2.46. The zero-order valence-corrected chi connectivity index (χ0v) is 11.3. The summed E-state index contributed by atoms with van der Waals surface area (Å²) >= 11 is 0. The Balaban J connectivity index is 1.81. The van der Waals surface area contributed by atoms with Gasteiger partial charge in [-0.1, -0.05) is 37.3 Å². The van der Waals surface area contributed by atoms with Gasteiger partial charge in [0, 0.05) is 19.6 Å². The van der Waals surface area contributed by atoms with Crippen LogP contribution in [0.3, 0.4) is 0 Å². The van der Waals surface area contributed by atoms with Gasteiger partial charge in [-0.25, -0.2) is 0 Å². The van der Waals surface area contributed by atoms with Crippen LogP contribution in [0, 0.1) is 5.92 Å². The number of rotatable bonds is 2. The summed E-state index contributed by atoms with van der Waals surface area (Å²) < 4.78 is 0. The summed E-state index contributed by atoms with van der Waals surface area (Å²) in [5.41, 5.74) is 0.996. The van der Waals surface area contributed by atoms with E-state index < -0.39 is 11.8 Å². The maximum Gasteiger partial charge on any atom is 0.311 e. The minimum atomic E-state index is -0.501. The Hall–Kier alpha value is -1.84. The fourth-order valence-corrected chi connectivity index (χ4v) is 2.21. The number of benzene rings is 1. The summed E-state index contributed by atoms with van der Waals surface area (Å²) in [6.07, 6.45) is 1.97. The first-order valence-electron chi connectivity index (χ1n) is 6.78. The first-order chi connectivity index (χ1) is 9.16. The lowest BCUT2D eigenvalue weighted by Crippen LogP contribution is -2.46. The molecule has 1 heterocycles. The number of likely N-dealkylation sites (tertiary alicyclic amines) is 1. The number of carbonyl (C=O) groups excluding carboxylic acids is 2. The zero-order chi connectivity index (χ0) is 13.7. The van der Waals surface area contributed by atoms with Crippen LogP contribution in [0.1, 0.15) is 25.3 Å². The van der Waals surface area contributed by atoms with Crippen molar-refractivity contribution in [1.82, 2.24) is 10.2 Å². The van der Waals surface area contributed by atoms with Crippen LogP contribution in [0.2, 0.25) is 0 Å². The van der Waals surface area contributed by atoms with E-state index in [1.54, 1.807) is 4.90 Å². The first-order valence-corrected chi connectivity index (χ1v) is 6.78. The smallest absolute Gasteiger partial charge is 0.311 e. The Labute approximate surface area is 113 Å². The van der Waals surface area contributed by atoms with Gasteiger partial charge in [-0.2, -0.15) is 0 Å². The van der Waals surface area contributed by atoms with Gasteiger partial charge in [-0.15, -0.1) is 0 Å². The highest BCUT2D eigenvalue weighted by Crippen LogP contribution is 2.15. The molecule has 0 saturated carbocycles. The van der Waals surface area contributed by atoms with Crippen molar-refractivity contribution in [3.05, 3.63) is 35.9 Å². The molecule has 0 atom stereocenters. The molecule has 0 radical (unpaired) electrons. The molecular formula is C15H20N2O2. The number of hydrogen-bond donors (Lipinski definition) is 1. The largest absolute Gasteiger partial charge is 0.344 e. The lowest BCUT2D eigenvalue weighted by Gasteiger charge is -2.29. The molecule has 0 bridgehead atoms. The van der Waals surface area contributed by atoms with Crippen LogP contribution in [0.15, 0.2) is 30.3 Å². The van der Waals surface area contributed by atoms with E-state index in [2.05, 4.69) is 12.2 Å². The van der Waals surface area contributed by atoms with Crippen molar-refractivity contribution in [2.45, 2.75) is 26.3 Å². The van der Waals surface area contributed by atoms with Crippen LogP contribution >= 0.6 is 0 Å². The minimum absolute atomic E-state index is 0.398. The molecule has 2 rings (SSSR count). The molecule has 0 aliphatic carbocycles. The second kappa shape index (κ2) is 6.36. The van der Waals surface area contributed by atoms with E-state index in [4.69, 9.17) is 0 Å². The minimum Gasteiger partial charge on any atom is -0.344 e. The van der Waals surface area contributed by atoms with Crippen molar-refractivity contribution in [1.29, 1.82) is 0 Å². The number of amides is 2. The number of nitrogens with zero attached hydrogens (tertiary/aromatic N) is 1. The fraction of sp³-hybridized carbons (Fsp3) is 0.467. The number of carbonyl (C=O) groups is 2. The molecule has 1 N–H and O–H groups in total. The molecule has 1 aliphatic rings. The van der Waals surface area contributed by atoms with Gasteiger partial charge >= 0.3 is 11.8 Å². The molecule has 1 aliphatic heterocycles. The molecule has 0 unspecified atom stereocenters. The summed E-state index contributed by atoms with van der Waals surface area (Å²) in [7, 11) is 0. The van der Waals surface area contributed by atoms with E-state index in [-0.39, 0.29) is 0 Å². The summed E-state index contributed by atoms with van der Waals surface area (Å²) in [6, 6.07) is 9.59. The molecule has 19 heavy (non-hydrogen) atoms. The quantitative estimate of drug-likeness (QED) is 0.820. The second-order valence-electron chi connectivity index (χ2n) is 5.14. The zero-order valence-electron chi connectivity index (χ0n) is 11.3. The topological polar surface area (TPSA) is 49.4 Å². The fourth-order valence-electron chi connectivity index (χ4n) is 2.21. The third-order valence-electron chi connectivity index (χ3n) is 3.56. The van der Waals surface area contributed by atoms with E-state index >= 15 is 0 Å². The molecule has 4 nitrogen and oxygen atoms in total. The number of nitrogens with one attached hydrogen (secondary N) is 1. The Kier molecular flexibility index (Phi) is 4.55. The van der Waals surface area contributed by atoms with Crippen LogP contribution in [0.5, 0.6) is 0 Å². The van der Waals surface area contributed by atoms with E-state index in [1.165, 1.54) is 0 Å². The lowest BCUT2D eigenvalue weighted by atomic mass is 9.99. The van der Waals surface area contributed by atoms with Crippen LogP contribution < -0.4 is 5.32 Å². The molecule has 1 aromatic rings. The van der Waals surface area contributed by atoms with E-state index in [0.717, 1.165) is 18.4 Å². The van der Waals surface area contributed by atoms with E-state index in [0.29, 0.717) is 25.6 Å². The Bertz CT molecular complexity index is 437. The predicted molar refractivity (Wildman–Crippen MR) is 73.3 cm³/mol. The lowest BCUT2D eigenvalue weighted by molar-refractivity contribution is -0.146. The van der Waals surface area contributed by atoms with Crippen molar-refractivity contribution >= 4 is 11.8 Å².